The molecule has 1 fully saturated rings. The Morgan fingerprint density at radius 3 is 2.71 bits per heavy atom. The molecule has 1 aromatic carbocycles. The smallest absolute Gasteiger partial charge is 0.223 e. The second-order valence-corrected chi connectivity index (χ2v) is 6.66. The Kier molecular flexibility index (Phi) is 4.51. The molecular formula is C17H23ClN2O. The molecule has 1 unspecified atom stereocenters. The monoisotopic (exact) mass is 306 g/mol. The SMILES string of the molecule is CC(=O)N1CCCc2cc(C(Cl)CN3CCCC3)ccc21. The number of fused-ring (bicyclic) bond motifs is 1. The van der Waals surface area contributed by atoms with Crippen molar-refractivity contribution in [3.05, 3.63) is 29.3 Å². The van der Waals surface area contributed by atoms with Crippen LogP contribution in [-0.2, 0) is 11.2 Å². The second-order valence-electron chi connectivity index (χ2n) is 6.14. The fourth-order valence-electron chi connectivity index (χ4n) is 3.44. The number of rotatable bonds is 3. The molecule has 1 atom stereocenters. The van der Waals surface area contributed by atoms with Crippen LogP contribution in [0.15, 0.2) is 18.2 Å². The number of nitrogens with zero attached hydrogens (tertiary/aromatic N) is 2. The van der Waals surface area contributed by atoms with E-state index in [1.54, 1.807) is 6.92 Å². The Hall–Kier alpha value is -1.06. The fourth-order valence-corrected chi connectivity index (χ4v) is 3.77. The lowest BCUT2D eigenvalue weighted by Gasteiger charge is -2.29. The summed E-state index contributed by atoms with van der Waals surface area (Å²) in [5.41, 5.74) is 3.52. The first-order valence-corrected chi connectivity index (χ1v) is 8.36. The molecule has 0 saturated carbocycles. The molecule has 0 aromatic heterocycles. The predicted octanol–water partition coefficient (Wildman–Crippen LogP) is 3.36. The summed E-state index contributed by atoms with van der Waals surface area (Å²) in [5, 5.41) is 0.0427. The minimum absolute atomic E-state index is 0.0427. The van der Waals surface area contributed by atoms with E-state index < -0.39 is 0 Å². The number of aryl methyl sites for hydroxylation is 1. The third kappa shape index (κ3) is 3.24. The van der Waals surface area contributed by atoms with Crippen molar-refractivity contribution in [2.24, 2.45) is 0 Å². The van der Waals surface area contributed by atoms with Gasteiger partial charge in [-0.2, -0.15) is 0 Å². The maximum atomic E-state index is 11.7. The molecular weight excluding hydrogens is 284 g/mol. The predicted molar refractivity (Wildman–Crippen MR) is 87.1 cm³/mol. The number of halogens is 1. The molecule has 0 aliphatic carbocycles. The molecule has 4 heteroatoms. The van der Waals surface area contributed by atoms with E-state index in [9.17, 15) is 4.79 Å². The number of amides is 1. The van der Waals surface area contributed by atoms with Crippen molar-refractivity contribution in [1.82, 2.24) is 4.90 Å². The molecule has 2 aliphatic rings. The summed E-state index contributed by atoms with van der Waals surface area (Å²) in [6.45, 7) is 5.75. The molecule has 2 heterocycles. The molecule has 3 rings (SSSR count). The number of hydrogen-bond donors (Lipinski definition) is 0. The van der Waals surface area contributed by atoms with Gasteiger partial charge in [0, 0.05) is 25.7 Å². The van der Waals surface area contributed by atoms with Crippen LogP contribution in [0.2, 0.25) is 0 Å². The van der Waals surface area contributed by atoms with Crippen LogP contribution < -0.4 is 4.90 Å². The van der Waals surface area contributed by atoms with Gasteiger partial charge in [0.1, 0.15) is 0 Å². The van der Waals surface area contributed by atoms with Crippen molar-refractivity contribution < 1.29 is 4.79 Å². The average molecular weight is 307 g/mol. The van der Waals surface area contributed by atoms with Crippen LogP contribution in [0.3, 0.4) is 0 Å². The van der Waals surface area contributed by atoms with E-state index in [-0.39, 0.29) is 11.3 Å². The van der Waals surface area contributed by atoms with Gasteiger partial charge in [0.25, 0.3) is 0 Å². The minimum atomic E-state index is 0.0427. The number of hydrogen-bond acceptors (Lipinski definition) is 2. The van der Waals surface area contributed by atoms with Crippen molar-refractivity contribution in [2.75, 3.05) is 31.1 Å². The molecule has 1 aromatic rings. The zero-order valence-corrected chi connectivity index (χ0v) is 13.4. The number of carbonyl (C=O) groups is 1. The van der Waals surface area contributed by atoms with Gasteiger partial charge in [-0.15, -0.1) is 11.6 Å². The number of likely N-dealkylation sites (tertiary alicyclic amines) is 1. The van der Waals surface area contributed by atoms with Gasteiger partial charge >= 0.3 is 0 Å². The number of benzene rings is 1. The highest BCUT2D eigenvalue weighted by Crippen LogP contribution is 2.32. The third-order valence-corrected chi connectivity index (χ3v) is 4.97. The van der Waals surface area contributed by atoms with Gasteiger partial charge in [-0.1, -0.05) is 12.1 Å². The molecule has 1 saturated heterocycles. The summed E-state index contributed by atoms with van der Waals surface area (Å²) in [6, 6.07) is 6.37. The molecule has 114 valence electrons. The van der Waals surface area contributed by atoms with Gasteiger partial charge in [-0.05, 0) is 56.0 Å². The molecule has 0 spiro atoms. The van der Waals surface area contributed by atoms with Gasteiger partial charge in [0.2, 0.25) is 5.91 Å². The van der Waals surface area contributed by atoms with Crippen LogP contribution in [0.1, 0.15) is 42.7 Å². The second kappa shape index (κ2) is 6.37. The summed E-state index contributed by atoms with van der Waals surface area (Å²) >= 11 is 6.61. The van der Waals surface area contributed by atoms with E-state index in [2.05, 4.69) is 23.1 Å². The van der Waals surface area contributed by atoms with Crippen LogP contribution in [-0.4, -0.2) is 37.0 Å². The van der Waals surface area contributed by atoms with Crippen molar-refractivity contribution in [3.63, 3.8) is 0 Å². The summed E-state index contributed by atoms with van der Waals surface area (Å²) in [7, 11) is 0. The Morgan fingerprint density at radius 2 is 2.00 bits per heavy atom. The van der Waals surface area contributed by atoms with E-state index in [0.29, 0.717) is 0 Å². The number of carbonyl (C=O) groups excluding carboxylic acids is 1. The maximum absolute atomic E-state index is 11.7. The lowest BCUT2D eigenvalue weighted by atomic mass is 9.98. The Bertz CT molecular complexity index is 526. The lowest BCUT2D eigenvalue weighted by Crippen LogP contribution is -2.33. The molecule has 21 heavy (non-hydrogen) atoms. The van der Waals surface area contributed by atoms with E-state index in [0.717, 1.165) is 31.6 Å². The van der Waals surface area contributed by atoms with Crippen molar-refractivity contribution >= 4 is 23.2 Å². The Morgan fingerprint density at radius 1 is 1.24 bits per heavy atom. The van der Waals surface area contributed by atoms with Gasteiger partial charge in [0.05, 0.1) is 5.38 Å². The molecule has 3 nitrogen and oxygen atoms in total. The molecule has 0 N–H and O–H groups in total. The first-order chi connectivity index (χ1) is 10.1. The van der Waals surface area contributed by atoms with E-state index in [1.807, 2.05) is 4.90 Å². The zero-order chi connectivity index (χ0) is 14.8. The van der Waals surface area contributed by atoms with E-state index in [1.165, 1.54) is 37.1 Å². The maximum Gasteiger partial charge on any atom is 0.223 e. The lowest BCUT2D eigenvalue weighted by molar-refractivity contribution is -0.116. The van der Waals surface area contributed by atoms with E-state index in [4.69, 9.17) is 11.6 Å². The first kappa shape index (κ1) is 14.9. The number of alkyl halides is 1. The standard InChI is InChI=1S/C17H23ClN2O/c1-13(21)20-10-4-5-15-11-14(6-7-17(15)20)16(18)12-19-8-2-3-9-19/h6-7,11,16H,2-5,8-10,12H2,1H3. The quantitative estimate of drug-likeness (QED) is 0.800. The fraction of sp³-hybridized carbons (Fsp3) is 0.588. The molecule has 1 amide bonds. The van der Waals surface area contributed by atoms with Crippen molar-refractivity contribution in [3.8, 4) is 0 Å². The van der Waals surface area contributed by atoms with E-state index >= 15 is 0 Å². The minimum Gasteiger partial charge on any atom is -0.312 e. The Balaban J connectivity index is 1.77. The Labute approximate surface area is 131 Å². The van der Waals surface area contributed by atoms with Crippen molar-refractivity contribution in [2.45, 2.75) is 38.0 Å². The van der Waals surface area contributed by atoms with Crippen LogP contribution in [0.25, 0.3) is 0 Å². The van der Waals surface area contributed by atoms with Gasteiger partial charge in [-0.25, -0.2) is 0 Å². The van der Waals surface area contributed by atoms with Crippen molar-refractivity contribution in [1.29, 1.82) is 0 Å². The van der Waals surface area contributed by atoms with Gasteiger partial charge in [0.15, 0.2) is 0 Å². The summed E-state index contributed by atoms with van der Waals surface area (Å²) < 4.78 is 0. The van der Waals surface area contributed by atoms with Gasteiger partial charge < -0.3 is 9.80 Å². The average Bonchev–Trinajstić information content (AvgIpc) is 2.98. The van der Waals surface area contributed by atoms with Crippen LogP contribution in [0.4, 0.5) is 5.69 Å². The van der Waals surface area contributed by atoms with Crippen LogP contribution in [0, 0.1) is 0 Å². The third-order valence-electron chi connectivity index (χ3n) is 4.58. The van der Waals surface area contributed by atoms with Gasteiger partial charge in [-0.3, -0.25) is 4.79 Å². The number of anilines is 1. The zero-order valence-electron chi connectivity index (χ0n) is 12.6. The summed E-state index contributed by atoms with van der Waals surface area (Å²) in [5.74, 6) is 0.128. The highest BCUT2D eigenvalue weighted by Gasteiger charge is 2.22. The van der Waals surface area contributed by atoms with Crippen LogP contribution in [0.5, 0.6) is 0 Å². The normalized spacial score (nSPS) is 20.4. The topological polar surface area (TPSA) is 23.6 Å². The molecule has 0 radical (unpaired) electrons. The summed E-state index contributed by atoms with van der Waals surface area (Å²) in [6.07, 6.45) is 4.66. The van der Waals surface area contributed by atoms with Crippen LogP contribution >= 0.6 is 11.6 Å². The molecule has 2 aliphatic heterocycles. The highest BCUT2D eigenvalue weighted by atomic mass is 35.5. The molecule has 0 bridgehead atoms. The largest absolute Gasteiger partial charge is 0.312 e. The highest BCUT2D eigenvalue weighted by molar-refractivity contribution is 6.21. The summed E-state index contributed by atoms with van der Waals surface area (Å²) in [4.78, 5) is 16.0. The first-order valence-electron chi connectivity index (χ1n) is 7.92.